The van der Waals surface area contributed by atoms with Crippen LogP contribution in [0.4, 0.5) is 0 Å². The maximum Gasteiger partial charge on any atom is 0.338 e. The summed E-state index contributed by atoms with van der Waals surface area (Å²) in [6.07, 6.45) is 1.65. The first kappa shape index (κ1) is 22.6. The van der Waals surface area contributed by atoms with Gasteiger partial charge in [0.1, 0.15) is 0 Å². The van der Waals surface area contributed by atoms with Gasteiger partial charge in [-0.15, -0.1) is 0 Å². The molecule has 0 spiro atoms. The van der Waals surface area contributed by atoms with Gasteiger partial charge in [-0.2, -0.15) is 0 Å². The molecule has 7 nitrogen and oxygen atoms in total. The average molecular weight is 381 g/mol. The lowest BCUT2D eigenvalue weighted by Crippen LogP contribution is -2.36. The summed E-state index contributed by atoms with van der Waals surface area (Å²) in [4.78, 5) is 24.3. The average Bonchev–Trinajstić information content (AvgIpc) is 2.66. The van der Waals surface area contributed by atoms with E-state index >= 15 is 0 Å². The molecule has 0 radical (unpaired) electrons. The van der Waals surface area contributed by atoms with E-state index in [4.69, 9.17) is 18.9 Å². The van der Waals surface area contributed by atoms with Gasteiger partial charge in [-0.05, 0) is 45.7 Å². The van der Waals surface area contributed by atoms with Crippen molar-refractivity contribution < 1.29 is 28.5 Å². The van der Waals surface area contributed by atoms with Crippen LogP contribution in [0.1, 0.15) is 57.8 Å². The first-order chi connectivity index (χ1) is 13.0. The lowest BCUT2D eigenvalue weighted by molar-refractivity contribution is -0.125. The number of carbonyl (C=O) groups excluding carboxylic acids is 2. The van der Waals surface area contributed by atoms with Crippen LogP contribution < -0.4 is 19.5 Å². The number of hydrogen-bond acceptors (Lipinski definition) is 6. The molecule has 0 saturated carbocycles. The van der Waals surface area contributed by atoms with Crippen molar-refractivity contribution in [3.63, 3.8) is 0 Å². The predicted molar refractivity (Wildman–Crippen MR) is 103 cm³/mol. The summed E-state index contributed by atoms with van der Waals surface area (Å²) in [6.45, 7) is 10.4. The fourth-order valence-electron chi connectivity index (χ4n) is 2.48. The minimum atomic E-state index is -0.625. The number of amides is 1. The first-order valence-corrected chi connectivity index (χ1v) is 9.53. The van der Waals surface area contributed by atoms with Crippen molar-refractivity contribution in [3.8, 4) is 17.2 Å². The summed E-state index contributed by atoms with van der Waals surface area (Å²) in [5.41, 5.74) is 0.237. The normalized spacial score (nSPS) is 10.4. The van der Waals surface area contributed by atoms with E-state index in [2.05, 4.69) is 5.32 Å². The Morgan fingerprint density at radius 1 is 0.889 bits per heavy atom. The number of rotatable bonds is 12. The quantitative estimate of drug-likeness (QED) is 0.559. The van der Waals surface area contributed by atoms with Gasteiger partial charge in [0.25, 0.3) is 5.91 Å². The van der Waals surface area contributed by atoms with Crippen LogP contribution >= 0.6 is 0 Å². The topological polar surface area (TPSA) is 83.1 Å². The Bertz CT molecular complexity index is 585. The van der Waals surface area contributed by atoms with E-state index in [9.17, 15) is 9.59 Å². The second-order valence-corrected chi connectivity index (χ2v) is 5.76. The van der Waals surface area contributed by atoms with Crippen molar-refractivity contribution in [2.75, 3.05) is 26.4 Å². The van der Waals surface area contributed by atoms with Gasteiger partial charge in [0.05, 0.1) is 25.4 Å². The highest BCUT2D eigenvalue weighted by Gasteiger charge is 2.20. The number of carbonyl (C=O) groups is 2. The molecule has 152 valence electrons. The smallest absolute Gasteiger partial charge is 0.338 e. The Labute approximate surface area is 161 Å². The monoisotopic (exact) mass is 381 g/mol. The molecule has 27 heavy (non-hydrogen) atoms. The molecule has 7 heteroatoms. The zero-order chi connectivity index (χ0) is 20.2. The Hall–Kier alpha value is -2.44. The van der Waals surface area contributed by atoms with Gasteiger partial charge in [-0.3, -0.25) is 4.79 Å². The summed E-state index contributed by atoms with van der Waals surface area (Å²) >= 11 is 0. The molecule has 1 N–H and O–H groups in total. The van der Waals surface area contributed by atoms with Crippen molar-refractivity contribution in [1.29, 1.82) is 0 Å². The Kier molecular flexibility index (Phi) is 10.1. The molecule has 0 aliphatic heterocycles. The van der Waals surface area contributed by atoms with E-state index in [1.807, 2.05) is 34.6 Å². The standard InChI is InChI=1S/C20H31NO6/c1-6-15(7-2)21-18(22)13-27-20(23)14-11-16(24-8-3)19(26-10-5)17(12-14)25-9-4/h11-12,15H,6-10,13H2,1-5H3,(H,21,22). The molecule has 1 amide bonds. The van der Waals surface area contributed by atoms with Crippen LogP contribution in [0.2, 0.25) is 0 Å². The van der Waals surface area contributed by atoms with Gasteiger partial charge in [0.15, 0.2) is 18.1 Å². The molecular weight excluding hydrogens is 350 g/mol. The van der Waals surface area contributed by atoms with Gasteiger partial charge in [0.2, 0.25) is 5.75 Å². The molecule has 0 saturated heterocycles. The molecule has 0 aromatic heterocycles. The van der Waals surface area contributed by atoms with Crippen molar-refractivity contribution in [1.82, 2.24) is 5.32 Å². The van der Waals surface area contributed by atoms with Crippen molar-refractivity contribution in [2.45, 2.75) is 53.5 Å². The Morgan fingerprint density at radius 3 is 1.85 bits per heavy atom. The van der Waals surface area contributed by atoms with Crippen LogP contribution in [-0.4, -0.2) is 44.3 Å². The molecule has 0 unspecified atom stereocenters. The fourth-order valence-corrected chi connectivity index (χ4v) is 2.48. The molecule has 1 aromatic rings. The minimum Gasteiger partial charge on any atom is -0.490 e. The van der Waals surface area contributed by atoms with E-state index < -0.39 is 5.97 Å². The molecule has 0 bridgehead atoms. The third kappa shape index (κ3) is 7.00. The molecule has 0 fully saturated rings. The highest BCUT2D eigenvalue weighted by Crippen LogP contribution is 2.39. The number of hydrogen-bond donors (Lipinski definition) is 1. The van der Waals surface area contributed by atoms with Crippen LogP contribution in [0.25, 0.3) is 0 Å². The number of benzene rings is 1. The SMILES string of the molecule is CCOc1cc(C(=O)OCC(=O)NC(CC)CC)cc(OCC)c1OCC. The molecule has 0 heterocycles. The zero-order valence-corrected chi connectivity index (χ0v) is 16.9. The van der Waals surface area contributed by atoms with Gasteiger partial charge in [-0.1, -0.05) is 13.8 Å². The van der Waals surface area contributed by atoms with Crippen LogP contribution in [0, 0.1) is 0 Å². The summed E-state index contributed by atoms with van der Waals surface area (Å²) < 4.78 is 21.9. The Morgan fingerprint density at radius 2 is 1.41 bits per heavy atom. The highest BCUT2D eigenvalue weighted by molar-refractivity contribution is 5.92. The van der Waals surface area contributed by atoms with E-state index in [1.165, 1.54) is 12.1 Å². The predicted octanol–water partition coefficient (Wildman–Crippen LogP) is 3.34. The van der Waals surface area contributed by atoms with Gasteiger partial charge in [-0.25, -0.2) is 4.79 Å². The lowest BCUT2D eigenvalue weighted by Gasteiger charge is -2.17. The molecule has 1 aromatic carbocycles. The van der Waals surface area contributed by atoms with Crippen LogP contribution in [0.5, 0.6) is 17.2 Å². The maximum atomic E-state index is 12.4. The number of esters is 1. The van der Waals surface area contributed by atoms with Crippen LogP contribution in [0.15, 0.2) is 12.1 Å². The third-order valence-corrected chi connectivity index (χ3v) is 3.83. The first-order valence-electron chi connectivity index (χ1n) is 9.53. The van der Waals surface area contributed by atoms with E-state index in [0.29, 0.717) is 37.1 Å². The molecule has 0 aliphatic rings. The van der Waals surface area contributed by atoms with E-state index in [0.717, 1.165) is 12.8 Å². The fraction of sp³-hybridized carbons (Fsp3) is 0.600. The second-order valence-electron chi connectivity index (χ2n) is 5.76. The summed E-state index contributed by atoms with van der Waals surface area (Å²) in [7, 11) is 0. The Balaban J connectivity index is 2.93. The number of nitrogens with one attached hydrogen (secondary N) is 1. The van der Waals surface area contributed by atoms with Crippen LogP contribution in [0.3, 0.4) is 0 Å². The van der Waals surface area contributed by atoms with E-state index in [-0.39, 0.29) is 24.1 Å². The molecular formula is C20H31NO6. The van der Waals surface area contributed by atoms with Gasteiger partial charge in [0, 0.05) is 6.04 Å². The van der Waals surface area contributed by atoms with Crippen LogP contribution in [-0.2, 0) is 9.53 Å². The number of ether oxygens (including phenoxy) is 4. The van der Waals surface area contributed by atoms with Gasteiger partial charge < -0.3 is 24.3 Å². The second kappa shape index (κ2) is 12.0. The third-order valence-electron chi connectivity index (χ3n) is 3.83. The van der Waals surface area contributed by atoms with E-state index in [1.54, 1.807) is 0 Å². The van der Waals surface area contributed by atoms with Crippen molar-refractivity contribution >= 4 is 11.9 Å². The molecule has 0 atom stereocenters. The summed E-state index contributed by atoms with van der Waals surface area (Å²) in [6, 6.07) is 3.16. The maximum absolute atomic E-state index is 12.4. The summed E-state index contributed by atoms with van der Waals surface area (Å²) in [5.74, 6) is 0.305. The summed E-state index contributed by atoms with van der Waals surface area (Å²) in [5, 5.41) is 2.83. The lowest BCUT2D eigenvalue weighted by atomic mass is 10.1. The van der Waals surface area contributed by atoms with Crippen molar-refractivity contribution in [3.05, 3.63) is 17.7 Å². The molecule has 1 rings (SSSR count). The van der Waals surface area contributed by atoms with Gasteiger partial charge >= 0.3 is 5.97 Å². The highest BCUT2D eigenvalue weighted by atomic mass is 16.5. The molecule has 0 aliphatic carbocycles. The largest absolute Gasteiger partial charge is 0.490 e. The van der Waals surface area contributed by atoms with Crippen molar-refractivity contribution in [2.24, 2.45) is 0 Å². The zero-order valence-electron chi connectivity index (χ0n) is 16.9. The minimum absolute atomic E-state index is 0.0794.